The number of nitrogens with one attached hydrogen (secondary N) is 2. The van der Waals surface area contributed by atoms with Gasteiger partial charge in [0, 0.05) is 24.3 Å². The van der Waals surface area contributed by atoms with Gasteiger partial charge in [0.15, 0.2) is 11.5 Å². The van der Waals surface area contributed by atoms with Crippen molar-refractivity contribution in [2.45, 2.75) is 12.5 Å². The Morgan fingerprint density at radius 3 is 2.81 bits per heavy atom. The number of hydroxylamine groups is 1. The summed E-state index contributed by atoms with van der Waals surface area (Å²) in [5, 5.41) is 20.2. The molecule has 1 aliphatic heterocycles. The van der Waals surface area contributed by atoms with E-state index in [0.29, 0.717) is 28.5 Å². The molecule has 10 heteroatoms. The van der Waals surface area contributed by atoms with E-state index in [0.717, 1.165) is 6.08 Å². The van der Waals surface area contributed by atoms with Gasteiger partial charge in [-0.05, 0) is 29.8 Å². The fourth-order valence-electron chi connectivity index (χ4n) is 2.81. The largest absolute Gasteiger partial charge is 0.491 e. The molecular formula is C21H22N2O8. The average Bonchev–Trinajstić information content (AvgIpc) is 3.25. The first kappa shape index (κ1) is 21.9. The van der Waals surface area contributed by atoms with Crippen LogP contribution in [0.25, 0.3) is 0 Å². The van der Waals surface area contributed by atoms with Gasteiger partial charge in [-0.25, -0.2) is 10.3 Å². The lowest BCUT2D eigenvalue weighted by Crippen LogP contribution is -2.18. The predicted molar refractivity (Wildman–Crippen MR) is 108 cm³/mol. The Morgan fingerprint density at radius 2 is 2.00 bits per heavy atom. The molecule has 0 saturated carbocycles. The lowest BCUT2D eigenvalue weighted by molar-refractivity contribution is -0.124. The zero-order valence-corrected chi connectivity index (χ0v) is 16.4. The van der Waals surface area contributed by atoms with E-state index in [4.69, 9.17) is 29.3 Å². The number of fused-ring (bicyclic) bond motifs is 1. The Kier molecular flexibility index (Phi) is 7.68. The fourth-order valence-corrected chi connectivity index (χ4v) is 2.81. The summed E-state index contributed by atoms with van der Waals surface area (Å²) < 4.78 is 21.5. The van der Waals surface area contributed by atoms with Crippen LogP contribution in [0.5, 0.6) is 17.2 Å². The van der Waals surface area contributed by atoms with Gasteiger partial charge in [-0.15, -0.1) is 0 Å². The van der Waals surface area contributed by atoms with E-state index in [1.165, 1.54) is 11.6 Å². The standard InChI is InChI=1S/C21H22N2O8/c24-9-10-28-16-4-1-3-14(11-16)17(5-2-6-20(25)23-27)31-21(26)22-15-7-8-18-19(12-15)30-13-29-18/h1-4,6-8,11-12,17,24,27H,5,9-10,13H2,(H,22,26)(H,23,25)/b6-2+/t17-/m1/s1. The van der Waals surface area contributed by atoms with Crippen molar-refractivity contribution < 1.29 is 38.9 Å². The van der Waals surface area contributed by atoms with Gasteiger partial charge < -0.3 is 24.1 Å². The molecule has 0 fully saturated rings. The molecule has 0 saturated heterocycles. The molecule has 1 heterocycles. The predicted octanol–water partition coefficient (Wildman–Crippen LogP) is 2.53. The first-order valence-corrected chi connectivity index (χ1v) is 9.40. The highest BCUT2D eigenvalue weighted by Crippen LogP contribution is 2.34. The monoisotopic (exact) mass is 430 g/mol. The first-order valence-electron chi connectivity index (χ1n) is 9.40. The molecule has 0 unspecified atom stereocenters. The third kappa shape index (κ3) is 6.36. The number of aliphatic hydroxyl groups excluding tert-OH is 1. The SMILES string of the molecule is O=C(/C=C/C[C@@H](OC(=O)Nc1ccc2c(c1)OCO2)c1cccc(OCCO)c1)NO. The zero-order valence-electron chi connectivity index (χ0n) is 16.4. The minimum absolute atomic E-state index is 0.119. The maximum Gasteiger partial charge on any atom is 0.412 e. The minimum atomic E-state index is -0.755. The van der Waals surface area contributed by atoms with Crippen molar-refractivity contribution in [2.75, 3.05) is 25.3 Å². The van der Waals surface area contributed by atoms with Crippen LogP contribution in [0, 0.1) is 0 Å². The molecule has 2 aromatic carbocycles. The van der Waals surface area contributed by atoms with Gasteiger partial charge in [0.1, 0.15) is 18.5 Å². The van der Waals surface area contributed by atoms with E-state index >= 15 is 0 Å². The van der Waals surface area contributed by atoms with Crippen LogP contribution >= 0.6 is 0 Å². The van der Waals surface area contributed by atoms with E-state index in [1.54, 1.807) is 42.5 Å². The number of carbonyl (C=O) groups is 2. The van der Waals surface area contributed by atoms with Gasteiger partial charge in [0.2, 0.25) is 6.79 Å². The summed E-state index contributed by atoms with van der Waals surface area (Å²) in [7, 11) is 0. The molecule has 4 N–H and O–H groups in total. The summed E-state index contributed by atoms with van der Waals surface area (Å²) in [5.41, 5.74) is 2.57. The summed E-state index contributed by atoms with van der Waals surface area (Å²) in [4.78, 5) is 23.7. The van der Waals surface area contributed by atoms with E-state index in [9.17, 15) is 9.59 Å². The minimum Gasteiger partial charge on any atom is -0.491 e. The van der Waals surface area contributed by atoms with Gasteiger partial charge in [-0.2, -0.15) is 0 Å². The molecule has 0 aliphatic carbocycles. The Bertz CT molecular complexity index is 947. The van der Waals surface area contributed by atoms with E-state index in [2.05, 4.69) is 5.32 Å². The van der Waals surface area contributed by atoms with Crippen LogP contribution in [-0.4, -0.2) is 42.3 Å². The molecule has 1 aliphatic rings. The Morgan fingerprint density at radius 1 is 1.16 bits per heavy atom. The van der Waals surface area contributed by atoms with Crippen LogP contribution < -0.4 is 25.0 Å². The molecule has 3 rings (SSSR count). The molecule has 0 spiro atoms. The third-order valence-electron chi connectivity index (χ3n) is 4.19. The normalized spacial score (nSPS) is 13.0. The zero-order chi connectivity index (χ0) is 22.1. The molecule has 0 radical (unpaired) electrons. The van der Waals surface area contributed by atoms with Crippen molar-refractivity contribution >= 4 is 17.7 Å². The Balaban J connectivity index is 1.71. The Hall–Kier alpha value is -3.76. The molecule has 164 valence electrons. The average molecular weight is 430 g/mol. The highest BCUT2D eigenvalue weighted by atomic mass is 16.7. The van der Waals surface area contributed by atoms with Crippen molar-refractivity contribution in [2.24, 2.45) is 0 Å². The van der Waals surface area contributed by atoms with Gasteiger partial charge in [0.25, 0.3) is 5.91 Å². The fraction of sp³-hybridized carbons (Fsp3) is 0.238. The summed E-state index contributed by atoms with van der Waals surface area (Å²) in [6.45, 7) is 0.102. The number of hydrogen-bond donors (Lipinski definition) is 4. The molecule has 31 heavy (non-hydrogen) atoms. The van der Waals surface area contributed by atoms with Crippen LogP contribution in [0.2, 0.25) is 0 Å². The molecular weight excluding hydrogens is 408 g/mol. The van der Waals surface area contributed by atoms with Gasteiger partial charge in [-0.1, -0.05) is 18.2 Å². The topological polar surface area (TPSA) is 136 Å². The number of aliphatic hydroxyl groups is 1. The van der Waals surface area contributed by atoms with Crippen molar-refractivity contribution in [1.29, 1.82) is 0 Å². The smallest absolute Gasteiger partial charge is 0.412 e. The number of hydrogen-bond acceptors (Lipinski definition) is 8. The molecule has 2 amide bonds. The van der Waals surface area contributed by atoms with Crippen LogP contribution in [0.3, 0.4) is 0 Å². The maximum absolute atomic E-state index is 12.5. The maximum atomic E-state index is 12.5. The second kappa shape index (κ2) is 10.9. The summed E-state index contributed by atoms with van der Waals surface area (Å²) in [6.07, 6.45) is 1.27. The van der Waals surface area contributed by atoms with Crippen molar-refractivity contribution in [1.82, 2.24) is 5.48 Å². The number of carbonyl (C=O) groups excluding carboxylic acids is 2. The highest BCUT2D eigenvalue weighted by Gasteiger charge is 2.19. The molecule has 0 bridgehead atoms. The molecule has 10 nitrogen and oxygen atoms in total. The van der Waals surface area contributed by atoms with Crippen molar-refractivity contribution in [3.05, 3.63) is 60.2 Å². The van der Waals surface area contributed by atoms with E-state index in [-0.39, 0.29) is 26.4 Å². The van der Waals surface area contributed by atoms with Crippen molar-refractivity contribution in [3.8, 4) is 17.2 Å². The van der Waals surface area contributed by atoms with Gasteiger partial charge in [0.05, 0.1) is 6.61 Å². The summed E-state index contributed by atoms with van der Waals surface area (Å²) in [6, 6.07) is 11.8. The molecule has 0 aromatic heterocycles. The van der Waals surface area contributed by atoms with Crippen LogP contribution in [0.1, 0.15) is 18.1 Å². The summed E-state index contributed by atoms with van der Waals surface area (Å²) in [5.74, 6) is 0.891. The summed E-state index contributed by atoms with van der Waals surface area (Å²) >= 11 is 0. The van der Waals surface area contributed by atoms with E-state index < -0.39 is 18.1 Å². The van der Waals surface area contributed by atoms with Crippen molar-refractivity contribution in [3.63, 3.8) is 0 Å². The van der Waals surface area contributed by atoms with Gasteiger partial charge >= 0.3 is 6.09 Å². The number of amides is 2. The van der Waals surface area contributed by atoms with Crippen LogP contribution in [-0.2, 0) is 9.53 Å². The van der Waals surface area contributed by atoms with Crippen LogP contribution in [0.4, 0.5) is 10.5 Å². The highest BCUT2D eigenvalue weighted by molar-refractivity contribution is 5.86. The first-order chi connectivity index (χ1) is 15.1. The molecule has 2 aromatic rings. The Labute approximate surface area is 177 Å². The van der Waals surface area contributed by atoms with E-state index in [1.807, 2.05) is 0 Å². The quantitative estimate of drug-likeness (QED) is 0.271. The number of anilines is 1. The third-order valence-corrected chi connectivity index (χ3v) is 4.19. The lowest BCUT2D eigenvalue weighted by Gasteiger charge is -2.18. The van der Waals surface area contributed by atoms with Gasteiger partial charge in [-0.3, -0.25) is 15.3 Å². The lowest BCUT2D eigenvalue weighted by atomic mass is 10.1. The molecule has 1 atom stereocenters. The number of benzene rings is 2. The van der Waals surface area contributed by atoms with Crippen LogP contribution in [0.15, 0.2) is 54.6 Å². The number of ether oxygens (including phenoxy) is 4. The second-order valence-corrected chi connectivity index (χ2v) is 6.35. The second-order valence-electron chi connectivity index (χ2n) is 6.35. The number of rotatable bonds is 9.